The highest BCUT2D eigenvalue weighted by Crippen LogP contribution is 2.23. The standard InChI is InChI=1S/C16H21N3O2/c17-13-8-10-18(11-13)16(21)14-7-4-9-19(14)15(20)12-5-2-1-3-6-12/h1-3,5-6,13-14H,4,7-11,17H2/t13-,14?/m1/s1. The van der Waals surface area contributed by atoms with E-state index in [1.54, 1.807) is 17.0 Å². The Kier molecular flexibility index (Phi) is 3.92. The maximum Gasteiger partial charge on any atom is 0.254 e. The number of hydrogen-bond acceptors (Lipinski definition) is 3. The van der Waals surface area contributed by atoms with Gasteiger partial charge in [0.1, 0.15) is 6.04 Å². The molecule has 112 valence electrons. The summed E-state index contributed by atoms with van der Waals surface area (Å²) in [7, 11) is 0. The highest BCUT2D eigenvalue weighted by molar-refractivity contribution is 5.98. The molecule has 0 bridgehead atoms. The van der Waals surface area contributed by atoms with Gasteiger partial charge in [-0.3, -0.25) is 9.59 Å². The Morgan fingerprint density at radius 1 is 1.10 bits per heavy atom. The maximum atomic E-state index is 12.6. The number of nitrogens with zero attached hydrogens (tertiary/aromatic N) is 2. The molecule has 1 unspecified atom stereocenters. The molecule has 0 radical (unpaired) electrons. The number of rotatable bonds is 2. The molecular weight excluding hydrogens is 266 g/mol. The molecule has 2 aliphatic rings. The van der Waals surface area contributed by atoms with Gasteiger partial charge in [0.15, 0.2) is 0 Å². The summed E-state index contributed by atoms with van der Waals surface area (Å²) in [5, 5.41) is 0. The van der Waals surface area contributed by atoms with Crippen molar-refractivity contribution in [1.29, 1.82) is 0 Å². The first kappa shape index (κ1) is 14.1. The van der Waals surface area contributed by atoms with Gasteiger partial charge in [0.25, 0.3) is 5.91 Å². The average molecular weight is 287 g/mol. The van der Waals surface area contributed by atoms with Gasteiger partial charge in [-0.1, -0.05) is 18.2 Å². The lowest BCUT2D eigenvalue weighted by Crippen LogP contribution is -2.47. The first-order valence-corrected chi connectivity index (χ1v) is 7.57. The lowest BCUT2D eigenvalue weighted by molar-refractivity contribution is -0.134. The molecule has 0 saturated carbocycles. The SMILES string of the molecule is N[C@@H]1CCN(C(=O)C2CCCN2C(=O)c2ccccc2)C1. The Bertz CT molecular complexity index is 532. The smallest absolute Gasteiger partial charge is 0.254 e. The summed E-state index contributed by atoms with van der Waals surface area (Å²) >= 11 is 0. The molecule has 2 heterocycles. The van der Waals surface area contributed by atoms with E-state index in [0.29, 0.717) is 25.2 Å². The Morgan fingerprint density at radius 2 is 1.86 bits per heavy atom. The Morgan fingerprint density at radius 3 is 2.52 bits per heavy atom. The van der Waals surface area contributed by atoms with E-state index < -0.39 is 0 Å². The van der Waals surface area contributed by atoms with Crippen molar-refractivity contribution in [2.24, 2.45) is 5.73 Å². The molecule has 2 aliphatic heterocycles. The van der Waals surface area contributed by atoms with Crippen molar-refractivity contribution in [2.75, 3.05) is 19.6 Å². The van der Waals surface area contributed by atoms with Crippen molar-refractivity contribution in [3.63, 3.8) is 0 Å². The van der Waals surface area contributed by atoms with Crippen molar-refractivity contribution in [3.8, 4) is 0 Å². The predicted molar refractivity (Wildman–Crippen MR) is 79.7 cm³/mol. The van der Waals surface area contributed by atoms with Gasteiger partial charge in [0, 0.05) is 31.2 Å². The van der Waals surface area contributed by atoms with Crippen LogP contribution in [0.15, 0.2) is 30.3 Å². The van der Waals surface area contributed by atoms with E-state index in [1.807, 2.05) is 23.1 Å². The molecule has 2 fully saturated rings. The molecule has 2 N–H and O–H groups in total. The fourth-order valence-corrected chi connectivity index (χ4v) is 3.21. The van der Waals surface area contributed by atoms with Crippen LogP contribution >= 0.6 is 0 Å². The topological polar surface area (TPSA) is 66.6 Å². The van der Waals surface area contributed by atoms with Crippen LogP contribution in [0.4, 0.5) is 0 Å². The number of carbonyl (C=O) groups is 2. The first-order valence-electron chi connectivity index (χ1n) is 7.57. The third-order valence-electron chi connectivity index (χ3n) is 4.36. The lowest BCUT2D eigenvalue weighted by Gasteiger charge is -2.28. The number of carbonyl (C=O) groups excluding carboxylic acids is 2. The fourth-order valence-electron chi connectivity index (χ4n) is 3.21. The molecule has 5 nitrogen and oxygen atoms in total. The van der Waals surface area contributed by atoms with E-state index in [2.05, 4.69) is 0 Å². The van der Waals surface area contributed by atoms with Crippen molar-refractivity contribution in [3.05, 3.63) is 35.9 Å². The molecule has 0 aliphatic carbocycles. The van der Waals surface area contributed by atoms with Crippen LogP contribution in [0, 0.1) is 0 Å². The third-order valence-corrected chi connectivity index (χ3v) is 4.36. The minimum absolute atomic E-state index is 0.0463. The van der Waals surface area contributed by atoms with Gasteiger partial charge in [0.2, 0.25) is 5.91 Å². The number of nitrogens with two attached hydrogens (primary N) is 1. The Labute approximate surface area is 124 Å². The van der Waals surface area contributed by atoms with Crippen LogP contribution in [0.1, 0.15) is 29.6 Å². The van der Waals surface area contributed by atoms with Crippen LogP contribution in [-0.4, -0.2) is 53.3 Å². The number of benzene rings is 1. The molecule has 21 heavy (non-hydrogen) atoms. The molecule has 2 saturated heterocycles. The zero-order chi connectivity index (χ0) is 14.8. The third kappa shape index (κ3) is 2.78. The molecule has 0 spiro atoms. The largest absolute Gasteiger partial charge is 0.339 e. The predicted octanol–water partition coefficient (Wildman–Crippen LogP) is 0.851. The molecule has 1 aromatic rings. The minimum Gasteiger partial charge on any atom is -0.339 e. The summed E-state index contributed by atoms with van der Waals surface area (Å²) in [4.78, 5) is 28.7. The van der Waals surface area contributed by atoms with Crippen LogP contribution in [0.25, 0.3) is 0 Å². The normalized spacial score (nSPS) is 25.4. The molecule has 2 atom stereocenters. The fraction of sp³-hybridized carbons (Fsp3) is 0.500. The van der Waals surface area contributed by atoms with Crippen LogP contribution < -0.4 is 5.73 Å². The van der Waals surface area contributed by atoms with E-state index in [0.717, 1.165) is 19.3 Å². The number of hydrogen-bond donors (Lipinski definition) is 1. The van der Waals surface area contributed by atoms with Crippen LogP contribution in [0.3, 0.4) is 0 Å². The Hall–Kier alpha value is -1.88. The van der Waals surface area contributed by atoms with Gasteiger partial charge < -0.3 is 15.5 Å². The van der Waals surface area contributed by atoms with E-state index in [1.165, 1.54) is 0 Å². The summed E-state index contributed by atoms with van der Waals surface area (Å²) in [6.45, 7) is 1.98. The van der Waals surface area contributed by atoms with Gasteiger partial charge in [-0.05, 0) is 31.4 Å². The van der Waals surface area contributed by atoms with Crippen LogP contribution in [0.5, 0.6) is 0 Å². The van der Waals surface area contributed by atoms with Crippen molar-refractivity contribution in [1.82, 2.24) is 9.80 Å². The molecule has 0 aromatic heterocycles. The summed E-state index contributed by atoms with van der Waals surface area (Å²) in [5.74, 6) is 0.0136. The first-order chi connectivity index (χ1) is 10.2. The monoisotopic (exact) mass is 287 g/mol. The zero-order valence-corrected chi connectivity index (χ0v) is 12.1. The second-order valence-corrected chi connectivity index (χ2v) is 5.86. The van der Waals surface area contributed by atoms with Crippen LogP contribution in [0.2, 0.25) is 0 Å². The second-order valence-electron chi connectivity index (χ2n) is 5.86. The van der Waals surface area contributed by atoms with E-state index in [9.17, 15) is 9.59 Å². The van der Waals surface area contributed by atoms with Crippen molar-refractivity contribution >= 4 is 11.8 Å². The molecule has 2 amide bonds. The highest BCUT2D eigenvalue weighted by atomic mass is 16.2. The van der Waals surface area contributed by atoms with Gasteiger partial charge in [0.05, 0.1) is 0 Å². The maximum absolute atomic E-state index is 12.6. The molecule has 3 rings (SSSR count). The van der Waals surface area contributed by atoms with Crippen LogP contribution in [-0.2, 0) is 4.79 Å². The second kappa shape index (κ2) is 5.85. The molecular formula is C16H21N3O2. The van der Waals surface area contributed by atoms with E-state index in [-0.39, 0.29) is 23.9 Å². The van der Waals surface area contributed by atoms with E-state index >= 15 is 0 Å². The number of amides is 2. The van der Waals surface area contributed by atoms with Crippen molar-refractivity contribution in [2.45, 2.75) is 31.3 Å². The summed E-state index contributed by atoms with van der Waals surface area (Å²) < 4.78 is 0. The van der Waals surface area contributed by atoms with Gasteiger partial charge in [-0.15, -0.1) is 0 Å². The quantitative estimate of drug-likeness (QED) is 0.877. The van der Waals surface area contributed by atoms with Crippen molar-refractivity contribution < 1.29 is 9.59 Å². The Balaban J connectivity index is 1.73. The van der Waals surface area contributed by atoms with E-state index in [4.69, 9.17) is 5.73 Å². The molecule has 5 heteroatoms. The summed E-state index contributed by atoms with van der Waals surface area (Å²) in [6.07, 6.45) is 2.49. The van der Waals surface area contributed by atoms with Gasteiger partial charge >= 0.3 is 0 Å². The molecule has 1 aromatic carbocycles. The average Bonchev–Trinajstić information content (AvgIpc) is 3.15. The number of likely N-dealkylation sites (tertiary alicyclic amines) is 2. The summed E-state index contributed by atoms with van der Waals surface area (Å²) in [5.41, 5.74) is 6.52. The minimum atomic E-state index is -0.317. The highest BCUT2D eigenvalue weighted by Gasteiger charge is 2.38. The van der Waals surface area contributed by atoms with Gasteiger partial charge in [-0.2, -0.15) is 0 Å². The summed E-state index contributed by atoms with van der Waals surface area (Å²) in [6, 6.07) is 8.94. The lowest BCUT2D eigenvalue weighted by atomic mass is 10.1. The van der Waals surface area contributed by atoms with Gasteiger partial charge in [-0.25, -0.2) is 0 Å². The zero-order valence-electron chi connectivity index (χ0n) is 12.1.